The van der Waals surface area contributed by atoms with Crippen LogP contribution in [0.5, 0.6) is 0 Å². The summed E-state index contributed by atoms with van der Waals surface area (Å²) in [7, 11) is 2.33. The van der Waals surface area contributed by atoms with Crippen molar-refractivity contribution in [2.75, 3.05) is 25.7 Å². The van der Waals surface area contributed by atoms with Crippen molar-refractivity contribution in [2.45, 2.75) is 21.3 Å². The van der Waals surface area contributed by atoms with Gasteiger partial charge in [0.25, 0.3) is 0 Å². The molecule has 2 aromatic rings. The fraction of sp³-hybridized carbons (Fsp3) is 0.294. The number of carboxylic acid groups (broad SMARTS) is 1. The molecule has 0 aliphatic heterocycles. The van der Waals surface area contributed by atoms with Gasteiger partial charge in [-0.2, -0.15) is 0 Å². The summed E-state index contributed by atoms with van der Waals surface area (Å²) in [4.78, 5) is 29.2. The molecule has 6 N–H and O–H groups in total. The van der Waals surface area contributed by atoms with Crippen molar-refractivity contribution in [1.82, 2.24) is 9.97 Å². The number of ether oxygens (including phenoxy) is 1. The molecule has 26 heavy (non-hydrogen) atoms. The quantitative estimate of drug-likeness (QED) is 0.579. The Bertz CT molecular complexity index is 735. The van der Waals surface area contributed by atoms with Crippen molar-refractivity contribution < 1.29 is 24.5 Å². The molecular weight excluding hydrogens is 340 g/mol. The van der Waals surface area contributed by atoms with Crippen LogP contribution in [0, 0.1) is 13.8 Å². The molecule has 0 saturated carbocycles. The van der Waals surface area contributed by atoms with E-state index in [4.69, 9.17) is 21.7 Å². The Hall–Kier alpha value is -3.20. The van der Waals surface area contributed by atoms with E-state index in [1.54, 1.807) is 26.0 Å². The smallest absolute Gasteiger partial charge is 0.339 e. The van der Waals surface area contributed by atoms with E-state index in [1.807, 2.05) is 0 Å². The lowest BCUT2D eigenvalue weighted by atomic mass is 10.2. The van der Waals surface area contributed by atoms with Gasteiger partial charge in [-0.1, -0.05) is 7.43 Å². The summed E-state index contributed by atoms with van der Waals surface area (Å²) in [6, 6.07) is 6.08. The number of nitrogen functional groups attached to an aromatic ring is 2. The fourth-order valence-corrected chi connectivity index (χ4v) is 1.71. The molecule has 0 unspecified atom stereocenters. The minimum Gasteiger partial charge on any atom is -0.478 e. The molecule has 2 rings (SSSR count). The van der Waals surface area contributed by atoms with Gasteiger partial charge < -0.3 is 26.4 Å². The lowest BCUT2D eigenvalue weighted by Gasteiger charge is -2.02. The van der Waals surface area contributed by atoms with Crippen LogP contribution in [0.3, 0.4) is 0 Å². The molecule has 0 bridgehead atoms. The predicted octanol–water partition coefficient (Wildman–Crippen LogP) is 1.67. The van der Waals surface area contributed by atoms with Gasteiger partial charge in [-0.05, 0) is 38.1 Å². The number of nitrogens with zero attached hydrogens (tertiary/aromatic N) is 2. The van der Waals surface area contributed by atoms with E-state index in [0.29, 0.717) is 28.6 Å². The third-order valence-electron chi connectivity index (χ3n) is 2.85. The first kappa shape index (κ1) is 25.0. The number of rotatable bonds is 2. The Morgan fingerprint density at radius 3 is 1.62 bits per heavy atom. The van der Waals surface area contributed by atoms with Gasteiger partial charge in [0.15, 0.2) is 0 Å². The van der Waals surface area contributed by atoms with E-state index in [0.717, 1.165) is 7.11 Å². The Balaban J connectivity index is 0. The zero-order chi connectivity index (χ0) is 19.6. The molecule has 0 atom stereocenters. The number of aliphatic hydroxyl groups is 1. The molecule has 0 aliphatic rings. The number of hydrogen-bond donors (Lipinski definition) is 4. The normalized spacial score (nSPS) is 8.65. The largest absolute Gasteiger partial charge is 0.478 e. The van der Waals surface area contributed by atoms with E-state index in [1.165, 1.54) is 19.2 Å². The average molecular weight is 366 g/mol. The maximum absolute atomic E-state index is 11.0. The number of carbonyl (C=O) groups excluding carboxylic acids is 1. The van der Waals surface area contributed by atoms with Gasteiger partial charge in [-0.3, -0.25) is 0 Å². The maximum atomic E-state index is 11.0. The summed E-state index contributed by atoms with van der Waals surface area (Å²) in [6.07, 6.45) is 0. The number of aromatic nitrogens is 2. The van der Waals surface area contributed by atoms with Crippen LogP contribution in [-0.2, 0) is 4.74 Å². The molecule has 0 aromatic carbocycles. The van der Waals surface area contributed by atoms with E-state index < -0.39 is 5.97 Å². The first-order chi connectivity index (χ1) is 11.8. The number of aromatic carboxylic acids is 1. The Morgan fingerprint density at radius 1 is 0.923 bits per heavy atom. The van der Waals surface area contributed by atoms with Crippen molar-refractivity contribution in [2.24, 2.45) is 0 Å². The lowest BCUT2D eigenvalue weighted by molar-refractivity contribution is 0.0598. The number of carboxylic acids is 1. The fourth-order valence-electron chi connectivity index (χ4n) is 1.71. The van der Waals surface area contributed by atoms with E-state index in [9.17, 15) is 9.59 Å². The second-order valence-corrected chi connectivity index (χ2v) is 4.53. The molecule has 0 saturated heterocycles. The van der Waals surface area contributed by atoms with Gasteiger partial charge in [-0.15, -0.1) is 0 Å². The molecule has 9 heteroatoms. The summed E-state index contributed by atoms with van der Waals surface area (Å²) in [5, 5.41) is 15.6. The van der Waals surface area contributed by atoms with Crippen LogP contribution in [0.4, 0.5) is 11.6 Å². The van der Waals surface area contributed by atoms with Crippen molar-refractivity contribution in [3.63, 3.8) is 0 Å². The van der Waals surface area contributed by atoms with Crippen LogP contribution in [0.2, 0.25) is 0 Å². The Labute approximate surface area is 152 Å². The van der Waals surface area contributed by atoms with Crippen molar-refractivity contribution >= 4 is 23.6 Å². The lowest BCUT2D eigenvalue weighted by Crippen LogP contribution is -2.06. The molecule has 9 nitrogen and oxygen atoms in total. The SMILES string of the molecule is C.CO.COC(=O)c1ccc(N)nc1C.Cc1nc(N)ccc1C(=O)O. The standard InChI is InChI=1S/C8H10N2O2.C7H8N2O2.CH4O.CH4/c1-5-6(8(11)12-2)3-4-7(9)10-5;1-4-5(7(10)11)2-3-6(8)9-4;1-2;/h3-4H,1-2H3,(H2,9,10);2-3H,1H3,(H2,8,9)(H,10,11);2H,1H3;1H4. The maximum Gasteiger partial charge on any atom is 0.339 e. The molecular formula is C17H26N4O5. The van der Waals surface area contributed by atoms with Gasteiger partial charge in [0.1, 0.15) is 11.6 Å². The van der Waals surface area contributed by atoms with Crippen LogP contribution in [0.15, 0.2) is 24.3 Å². The molecule has 2 heterocycles. The van der Waals surface area contributed by atoms with Gasteiger partial charge >= 0.3 is 11.9 Å². The highest BCUT2D eigenvalue weighted by Gasteiger charge is 2.09. The summed E-state index contributed by atoms with van der Waals surface area (Å²) >= 11 is 0. The third-order valence-corrected chi connectivity index (χ3v) is 2.85. The number of hydrogen-bond acceptors (Lipinski definition) is 8. The molecule has 0 aliphatic carbocycles. The van der Waals surface area contributed by atoms with Gasteiger partial charge in [-0.25, -0.2) is 19.6 Å². The minimum absolute atomic E-state index is 0. The molecule has 0 amide bonds. The molecule has 0 fully saturated rings. The monoisotopic (exact) mass is 366 g/mol. The summed E-state index contributed by atoms with van der Waals surface area (Å²) < 4.78 is 4.54. The van der Waals surface area contributed by atoms with Crippen LogP contribution in [0.25, 0.3) is 0 Å². The number of aliphatic hydroxyl groups excluding tert-OH is 1. The third kappa shape index (κ3) is 7.58. The molecule has 0 radical (unpaired) electrons. The van der Waals surface area contributed by atoms with Crippen molar-refractivity contribution in [1.29, 1.82) is 0 Å². The van der Waals surface area contributed by atoms with Crippen LogP contribution in [0.1, 0.15) is 39.5 Å². The first-order valence-electron chi connectivity index (χ1n) is 6.98. The number of nitrogens with two attached hydrogens (primary N) is 2. The van der Waals surface area contributed by atoms with E-state index in [2.05, 4.69) is 14.7 Å². The van der Waals surface area contributed by atoms with Crippen molar-refractivity contribution in [3.8, 4) is 0 Å². The van der Waals surface area contributed by atoms with Crippen LogP contribution < -0.4 is 11.5 Å². The number of pyridine rings is 2. The van der Waals surface area contributed by atoms with Crippen LogP contribution >= 0.6 is 0 Å². The van der Waals surface area contributed by atoms with E-state index in [-0.39, 0.29) is 19.0 Å². The van der Waals surface area contributed by atoms with E-state index >= 15 is 0 Å². The summed E-state index contributed by atoms with van der Waals surface area (Å²) in [5.74, 6) is -0.623. The zero-order valence-electron chi connectivity index (χ0n) is 14.5. The number of methoxy groups -OCH3 is 1. The Kier molecular flexibility index (Phi) is 11.8. The average Bonchev–Trinajstić information content (AvgIpc) is 2.56. The number of carbonyl (C=O) groups is 2. The molecule has 2 aromatic heterocycles. The van der Waals surface area contributed by atoms with Crippen LogP contribution in [-0.4, -0.2) is 46.3 Å². The van der Waals surface area contributed by atoms with Gasteiger partial charge in [0, 0.05) is 7.11 Å². The Morgan fingerprint density at radius 2 is 1.31 bits per heavy atom. The highest BCUT2D eigenvalue weighted by molar-refractivity contribution is 5.90. The highest BCUT2D eigenvalue weighted by Crippen LogP contribution is 2.09. The number of aryl methyl sites for hydroxylation is 2. The first-order valence-corrected chi connectivity index (χ1v) is 6.98. The van der Waals surface area contributed by atoms with Gasteiger partial charge in [0.05, 0.1) is 29.6 Å². The predicted molar refractivity (Wildman–Crippen MR) is 99.9 cm³/mol. The highest BCUT2D eigenvalue weighted by atomic mass is 16.5. The second kappa shape index (κ2) is 12.2. The molecule has 0 spiro atoms. The van der Waals surface area contributed by atoms with Crippen molar-refractivity contribution in [3.05, 3.63) is 46.8 Å². The topological polar surface area (TPSA) is 162 Å². The zero-order valence-corrected chi connectivity index (χ0v) is 14.5. The summed E-state index contributed by atoms with van der Waals surface area (Å²) in [5.41, 5.74) is 12.4. The molecule has 144 valence electrons. The number of esters is 1. The van der Waals surface area contributed by atoms with Gasteiger partial charge in [0.2, 0.25) is 0 Å². The number of anilines is 2. The summed E-state index contributed by atoms with van der Waals surface area (Å²) in [6.45, 7) is 3.32. The minimum atomic E-state index is -0.977. The second-order valence-electron chi connectivity index (χ2n) is 4.53.